The van der Waals surface area contributed by atoms with Crippen LogP contribution in [0.5, 0.6) is 0 Å². The van der Waals surface area contributed by atoms with Crippen LogP contribution in [-0.2, 0) is 16.0 Å². The van der Waals surface area contributed by atoms with Gasteiger partial charge in [-0.1, -0.05) is 54.1 Å². The van der Waals surface area contributed by atoms with Crippen LogP contribution in [0.25, 0.3) is 0 Å². The summed E-state index contributed by atoms with van der Waals surface area (Å²) in [5.74, 6) is -0.246. The second-order valence-corrected chi connectivity index (χ2v) is 6.03. The molecule has 24 heavy (non-hydrogen) atoms. The number of halogens is 1. The molecule has 0 aromatic heterocycles. The van der Waals surface area contributed by atoms with Crippen LogP contribution < -0.4 is 10.6 Å². The van der Waals surface area contributed by atoms with Crippen molar-refractivity contribution in [2.24, 2.45) is 0 Å². The van der Waals surface area contributed by atoms with Crippen molar-refractivity contribution in [3.8, 4) is 0 Å². The third-order valence-electron chi connectivity index (χ3n) is 3.62. The molecule has 4 nitrogen and oxygen atoms in total. The summed E-state index contributed by atoms with van der Waals surface area (Å²) in [6.07, 6.45) is 0.948. The fraction of sp³-hybridized carbons (Fsp3) is 0.263. The van der Waals surface area contributed by atoms with E-state index in [-0.39, 0.29) is 24.3 Å². The Kier molecular flexibility index (Phi) is 6.82. The van der Waals surface area contributed by atoms with Crippen LogP contribution >= 0.6 is 11.6 Å². The molecule has 0 saturated heterocycles. The van der Waals surface area contributed by atoms with Crippen molar-refractivity contribution in [1.29, 1.82) is 0 Å². The van der Waals surface area contributed by atoms with E-state index in [0.29, 0.717) is 11.6 Å². The summed E-state index contributed by atoms with van der Waals surface area (Å²) >= 11 is 5.85. The van der Waals surface area contributed by atoms with Gasteiger partial charge in [0.1, 0.15) is 0 Å². The Hall–Kier alpha value is -2.33. The van der Waals surface area contributed by atoms with Gasteiger partial charge < -0.3 is 10.6 Å². The maximum atomic E-state index is 12.2. The van der Waals surface area contributed by atoms with E-state index in [9.17, 15) is 9.59 Å². The van der Waals surface area contributed by atoms with Crippen molar-refractivity contribution < 1.29 is 9.59 Å². The molecule has 5 heteroatoms. The number of carbonyl (C=O) groups is 2. The molecule has 0 unspecified atom stereocenters. The molecule has 0 aliphatic rings. The Labute approximate surface area is 147 Å². The SMILES string of the molecule is CC(=O)N[C@@H](CC(=O)NCCc1ccc(Cl)cc1)c1ccccc1. The summed E-state index contributed by atoms with van der Waals surface area (Å²) in [5.41, 5.74) is 2.03. The molecule has 126 valence electrons. The highest BCUT2D eigenvalue weighted by atomic mass is 35.5. The molecular weight excluding hydrogens is 324 g/mol. The summed E-state index contributed by atoms with van der Waals surface area (Å²) in [5, 5.41) is 6.42. The first-order chi connectivity index (χ1) is 11.5. The Morgan fingerprint density at radius 3 is 2.33 bits per heavy atom. The molecule has 2 N–H and O–H groups in total. The van der Waals surface area contributed by atoms with Crippen molar-refractivity contribution in [3.05, 3.63) is 70.7 Å². The number of amides is 2. The molecule has 0 bridgehead atoms. The normalized spacial score (nSPS) is 11.6. The minimum absolute atomic E-state index is 0.0911. The van der Waals surface area contributed by atoms with Gasteiger partial charge in [0.2, 0.25) is 11.8 Å². The topological polar surface area (TPSA) is 58.2 Å². The van der Waals surface area contributed by atoms with E-state index in [2.05, 4.69) is 10.6 Å². The standard InChI is InChI=1S/C19H21ClN2O2/c1-14(23)22-18(16-5-3-2-4-6-16)13-19(24)21-12-11-15-7-9-17(20)10-8-15/h2-10,18H,11-13H2,1H3,(H,21,24)(H,22,23)/t18-/m0/s1. The number of carbonyl (C=O) groups excluding carboxylic acids is 2. The molecule has 0 heterocycles. The molecule has 2 amide bonds. The molecule has 0 aliphatic carbocycles. The monoisotopic (exact) mass is 344 g/mol. The van der Waals surface area contributed by atoms with Crippen LogP contribution in [0.15, 0.2) is 54.6 Å². The molecule has 0 fully saturated rings. The highest BCUT2D eigenvalue weighted by molar-refractivity contribution is 6.30. The maximum Gasteiger partial charge on any atom is 0.222 e. The average Bonchev–Trinajstić information content (AvgIpc) is 2.56. The van der Waals surface area contributed by atoms with Gasteiger partial charge in [-0.15, -0.1) is 0 Å². The summed E-state index contributed by atoms with van der Waals surface area (Å²) < 4.78 is 0. The minimum atomic E-state index is -0.320. The summed E-state index contributed by atoms with van der Waals surface area (Å²) in [6.45, 7) is 2.00. The number of hydrogen-bond donors (Lipinski definition) is 2. The van der Waals surface area contributed by atoms with E-state index in [4.69, 9.17) is 11.6 Å². The lowest BCUT2D eigenvalue weighted by molar-refractivity contribution is -0.122. The van der Waals surface area contributed by atoms with Crippen LogP contribution in [0.4, 0.5) is 0 Å². The quantitative estimate of drug-likeness (QED) is 0.810. The Bertz CT molecular complexity index is 672. The van der Waals surface area contributed by atoms with Crippen molar-refractivity contribution in [1.82, 2.24) is 10.6 Å². The molecule has 0 radical (unpaired) electrons. The summed E-state index contributed by atoms with van der Waals surface area (Å²) in [7, 11) is 0. The van der Waals surface area contributed by atoms with Gasteiger partial charge >= 0.3 is 0 Å². The van der Waals surface area contributed by atoms with Gasteiger partial charge in [-0.25, -0.2) is 0 Å². The molecular formula is C19H21ClN2O2. The van der Waals surface area contributed by atoms with E-state index in [1.807, 2.05) is 54.6 Å². The summed E-state index contributed by atoms with van der Waals surface area (Å²) in [4.78, 5) is 23.6. The predicted molar refractivity (Wildman–Crippen MR) is 95.8 cm³/mol. The lowest BCUT2D eigenvalue weighted by Gasteiger charge is -2.18. The molecule has 0 aliphatic heterocycles. The van der Waals surface area contributed by atoms with Gasteiger partial charge in [0.15, 0.2) is 0 Å². The molecule has 0 spiro atoms. The van der Waals surface area contributed by atoms with Crippen molar-refractivity contribution in [2.75, 3.05) is 6.54 Å². The third kappa shape index (κ3) is 6.05. The molecule has 2 aromatic rings. The Morgan fingerprint density at radius 2 is 1.71 bits per heavy atom. The van der Waals surface area contributed by atoms with Crippen LogP contribution in [0.1, 0.15) is 30.5 Å². The van der Waals surface area contributed by atoms with Crippen LogP contribution in [0, 0.1) is 0 Å². The lowest BCUT2D eigenvalue weighted by Crippen LogP contribution is -2.33. The second-order valence-electron chi connectivity index (χ2n) is 5.59. The van der Waals surface area contributed by atoms with Crippen molar-refractivity contribution in [2.45, 2.75) is 25.8 Å². The first kappa shape index (κ1) is 18.0. The fourth-order valence-corrected chi connectivity index (χ4v) is 2.56. The highest BCUT2D eigenvalue weighted by Crippen LogP contribution is 2.16. The Balaban J connectivity index is 1.86. The van der Waals surface area contributed by atoms with Crippen LogP contribution in [0.3, 0.4) is 0 Å². The van der Waals surface area contributed by atoms with Gasteiger partial charge in [0.25, 0.3) is 0 Å². The fourth-order valence-electron chi connectivity index (χ4n) is 2.44. The Morgan fingerprint density at radius 1 is 1.04 bits per heavy atom. The summed E-state index contributed by atoms with van der Waals surface area (Å²) in [6, 6.07) is 16.7. The number of benzene rings is 2. The largest absolute Gasteiger partial charge is 0.356 e. The van der Waals surface area contributed by atoms with Gasteiger partial charge in [0.05, 0.1) is 12.5 Å². The van der Waals surface area contributed by atoms with E-state index < -0.39 is 0 Å². The number of rotatable bonds is 7. The smallest absolute Gasteiger partial charge is 0.222 e. The zero-order valence-corrected chi connectivity index (χ0v) is 14.3. The first-order valence-electron chi connectivity index (χ1n) is 7.88. The zero-order valence-electron chi connectivity index (χ0n) is 13.6. The van der Waals surface area contributed by atoms with E-state index >= 15 is 0 Å². The van der Waals surface area contributed by atoms with E-state index in [1.165, 1.54) is 6.92 Å². The molecule has 1 atom stereocenters. The van der Waals surface area contributed by atoms with Crippen molar-refractivity contribution in [3.63, 3.8) is 0 Å². The first-order valence-corrected chi connectivity index (χ1v) is 8.25. The van der Waals surface area contributed by atoms with Crippen LogP contribution in [-0.4, -0.2) is 18.4 Å². The highest BCUT2D eigenvalue weighted by Gasteiger charge is 2.16. The van der Waals surface area contributed by atoms with Crippen molar-refractivity contribution >= 4 is 23.4 Å². The van der Waals surface area contributed by atoms with E-state index in [1.54, 1.807) is 0 Å². The van der Waals surface area contributed by atoms with Gasteiger partial charge in [-0.3, -0.25) is 9.59 Å². The molecule has 0 saturated carbocycles. The second kappa shape index (κ2) is 9.08. The van der Waals surface area contributed by atoms with E-state index in [0.717, 1.165) is 17.5 Å². The maximum absolute atomic E-state index is 12.2. The third-order valence-corrected chi connectivity index (χ3v) is 3.87. The molecule has 2 aromatic carbocycles. The van der Waals surface area contributed by atoms with Gasteiger partial charge in [-0.05, 0) is 29.7 Å². The number of hydrogen-bond acceptors (Lipinski definition) is 2. The van der Waals surface area contributed by atoms with Gasteiger partial charge in [-0.2, -0.15) is 0 Å². The predicted octanol–water partition coefficient (Wildman–Crippen LogP) is 3.27. The average molecular weight is 345 g/mol. The van der Waals surface area contributed by atoms with Gasteiger partial charge in [0, 0.05) is 18.5 Å². The molecule has 2 rings (SSSR count). The zero-order chi connectivity index (χ0) is 17.4. The number of nitrogens with one attached hydrogen (secondary N) is 2. The lowest BCUT2D eigenvalue weighted by atomic mass is 10.0. The van der Waals surface area contributed by atoms with Crippen LogP contribution in [0.2, 0.25) is 5.02 Å². The minimum Gasteiger partial charge on any atom is -0.356 e.